The summed E-state index contributed by atoms with van der Waals surface area (Å²) in [5.74, 6) is -1.40. The van der Waals surface area contributed by atoms with Gasteiger partial charge in [-0.25, -0.2) is 0 Å². The predicted molar refractivity (Wildman–Crippen MR) is 76.0 cm³/mol. The van der Waals surface area contributed by atoms with Crippen molar-refractivity contribution >= 4 is 29.2 Å². The third-order valence-electron chi connectivity index (χ3n) is 2.87. The molecule has 116 valence electrons. The van der Waals surface area contributed by atoms with Gasteiger partial charge < -0.3 is 5.11 Å². The van der Waals surface area contributed by atoms with Gasteiger partial charge in [-0.05, 0) is 24.3 Å². The van der Waals surface area contributed by atoms with E-state index >= 15 is 0 Å². The number of carboxylic acids is 1. The molecule has 1 aromatic carbocycles. The molecule has 0 atom stereocenters. The van der Waals surface area contributed by atoms with Gasteiger partial charge in [-0.2, -0.15) is 13.2 Å². The first-order valence-electron chi connectivity index (χ1n) is 5.92. The number of carbonyl (C=O) groups is 1. The van der Waals surface area contributed by atoms with Gasteiger partial charge >= 0.3 is 12.1 Å². The zero-order valence-corrected chi connectivity index (χ0v) is 12.3. The number of aliphatic carboxylic acids is 1. The van der Waals surface area contributed by atoms with Crippen molar-refractivity contribution in [1.29, 1.82) is 0 Å². The van der Waals surface area contributed by atoms with E-state index in [1.54, 1.807) is 0 Å². The summed E-state index contributed by atoms with van der Waals surface area (Å²) in [7, 11) is 0. The van der Waals surface area contributed by atoms with E-state index in [2.05, 4.69) is 4.98 Å². The number of benzene rings is 1. The Bertz CT molecular complexity index is 733. The summed E-state index contributed by atoms with van der Waals surface area (Å²) in [4.78, 5) is 14.8. The van der Waals surface area contributed by atoms with E-state index in [0.717, 1.165) is 12.3 Å². The van der Waals surface area contributed by atoms with Crippen molar-refractivity contribution in [3.05, 3.63) is 51.6 Å². The van der Waals surface area contributed by atoms with Crippen LogP contribution in [-0.2, 0) is 17.4 Å². The number of rotatable bonds is 3. The summed E-state index contributed by atoms with van der Waals surface area (Å²) in [5, 5.41) is 9.28. The Morgan fingerprint density at radius 1 is 1.23 bits per heavy atom. The molecule has 0 saturated heterocycles. The van der Waals surface area contributed by atoms with Gasteiger partial charge in [-0.15, -0.1) is 0 Å². The standard InChI is InChI=1S/C14H8Cl2F3NO2/c15-7-1-2-11(16)9(5-7)13-8(6-12(21)22)10(3-4-20-13)14(17,18)19/h1-5H,6H2,(H,21,22). The van der Waals surface area contributed by atoms with Gasteiger partial charge in [0, 0.05) is 22.3 Å². The van der Waals surface area contributed by atoms with Gasteiger partial charge in [0.05, 0.1) is 22.7 Å². The van der Waals surface area contributed by atoms with Crippen LogP contribution in [-0.4, -0.2) is 16.1 Å². The second-order valence-electron chi connectivity index (χ2n) is 4.38. The number of halogens is 5. The smallest absolute Gasteiger partial charge is 0.416 e. The molecule has 0 radical (unpaired) electrons. The molecule has 0 unspecified atom stereocenters. The molecule has 2 aromatic rings. The number of alkyl halides is 3. The third kappa shape index (κ3) is 3.51. The van der Waals surface area contributed by atoms with E-state index in [-0.39, 0.29) is 21.3 Å². The molecular formula is C14H8Cl2F3NO2. The van der Waals surface area contributed by atoms with Crippen LogP contribution >= 0.6 is 23.2 Å². The van der Waals surface area contributed by atoms with Crippen molar-refractivity contribution in [2.24, 2.45) is 0 Å². The lowest BCUT2D eigenvalue weighted by molar-refractivity contribution is -0.139. The predicted octanol–water partition coefficient (Wildman–Crippen LogP) is 4.70. The fourth-order valence-corrected chi connectivity index (χ4v) is 2.38. The summed E-state index contributed by atoms with van der Waals surface area (Å²) in [6.07, 6.45) is -4.57. The molecule has 0 aliphatic carbocycles. The highest BCUT2D eigenvalue weighted by Crippen LogP contribution is 2.38. The Labute approximate surface area is 133 Å². The Kier molecular flexibility index (Phi) is 4.63. The van der Waals surface area contributed by atoms with Gasteiger partial charge in [-0.3, -0.25) is 9.78 Å². The minimum atomic E-state index is -4.70. The molecule has 3 nitrogen and oxygen atoms in total. The summed E-state index contributed by atoms with van der Waals surface area (Å²) in [6.45, 7) is 0. The Morgan fingerprint density at radius 2 is 1.91 bits per heavy atom. The molecule has 0 fully saturated rings. The van der Waals surface area contributed by atoms with Crippen LogP contribution in [0.15, 0.2) is 30.5 Å². The van der Waals surface area contributed by atoms with E-state index in [0.29, 0.717) is 0 Å². The normalized spacial score (nSPS) is 11.5. The molecule has 0 aliphatic heterocycles. The zero-order chi connectivity index (χ0) is 16.5. The van der Waals surface area contributed by atoms with E-state index in [1.165, 1.54) is 18.2 Å². The third-order valence-corrected chi connectivity index (χ3v) is 3.44. The van der Waals surface area contributed by atoms with E-state index < -0.39 is 29.7 Å². The highest BCUT2D eigenvalue weighted by molar-refractivity contribution is 6.35. The Balaban J connectivity index is 2.75. The number of aromatic nitrogens is 1. The highest BCUT2D eigenvalue weighted by Gasteiger charge is 2.35. The second kappa shape index (κ2) is 6.14. The lowest BCUT2D eigenvalue weighted by atomic mass is 9.98. The van der Waals surface area contributed by atoms with Crippen LogP contribution in [0.25, 0.3) is 11.3 Å². The first-order chi connectivity index (χ1) is 10.2. The largest absolute Gasteiger partial charge is 0.481 e. The number of nitrogens with zero attached hydrogens (tertiary/aromatic N) is 1. The van der Waals surface area contributed by atoms with Gasteiger partial charge in [-0.1, -0.05) is 23.2 Å². The molecule has 0 saturated carbocycles. The fraction of sp³-hybridized carbons (Fsp3) is 0.143. The van der Waals surface area contributed by atoms with E-state index in [1.807, 2.05) is 0 Å². The SMILES string of the molecule is O=C(O)Cc1c(C(F)(F)F)ccnc1-c1cc(Cl)ccc1Cl. The van der Waals surface area contributed by atoms with E-state index in [4.69, 9.17) is 28.3 Å². The van der Waals surface area contributed by atoms with Crippen molar-refractivity contribution < 1.29 is 23.1 Å². The van der Waals surface area contributed by atoms with Crippen LogP contribution in [0.5, 0.6) is 0 Å². The van der Waals surface area contributed by atoms with Crippen molar-refractivity contribution in [1.82, 2.24) is 4.98 Å². The maximum Gasteiger partial charge on any atom is 0.416 e. The fourth-order valence-electron chi connectivity index (χ4n) is 2.00. The first kappa shape index (κ1) is 16.6. The lowest BCUT2D eigenvalue weighted by Gasteiger charge is -2.16. The highest BCUT2D eigenvalue weighted by atomic mass is 35.5. The van der Waals surface area contributed by atoms with Crippen LogP contribution in [0.4, 0.5) is 13.2 Å². The molecule has 8 heteroatoms. The lowest BCUT2D eigenvalue weighted by Crippen LogP contribution is -2.14. The quantitative estimate of drug-likeness (QED) is 0.873. The van der Waals surface area contributed by atoms with E-state index in [9.17, 15) is 18.0 Å². The average molecular weight is 350 g/mol. The summed E-state index contributed by atoms with van der Waals surface area (Å²) >= 11 is 11.8. The van der Waals surface area contributed by atoms with Crippen molar-refractivity contribution in [2.75, 3.05) is 0 Å². The minimum Gasteiger partial charge on any atom is -0.481 e. The topological polar surface area (TPSA) is 50.2 Å². The molecule has 0 bridgehead atoms. The molecule has 1 aromatic heterocycles. The zero-order valence-electron chi connectivity index (χ0n) is 10.8. The molecule has 1 heterocycles. The second-order valence-corrected chi connectivity index (χ2v) is 5.22. The van der Waals surface area contributed by atoms with Crippen LogP contribution in [0, 0.1) is 0 Å². The number of pyridine rings is 1. The number of hydrogen-bond donors (Lipinski definition) is 1. The molecule has 22 heavy (non-hydrogen) atoms. The van der Waals surface area contributed by atoms with Crippen LogP contribution in [0.3, 0.4) is 0 Å². The van der Waals surface area contributed by atoms with Crippen molar-refractivity contribution in [3.8, 4) is 11.3 Å². The van der Waals surface area contributed by atoms with Gasteiger partial charge in [0.2, 0.25) is 0 Å². The summed E-state index contributed by atoms with van der Waals surface area (Å²) in [6, 6.07) is 4.96. The molecule has 0 amide bonds. The first-order valence-corrected chi connectivity index (χ1v) is 6.68. The average Bonchev–Trinajstić information content (AvgIpc) is 2.40. The molecule has 2 rings (SSSR count). The molecule has 0 aliphatic rings. The monoisotopic (exact) mass is 349 g/mol. The molecular weight excluding hydrogens is 342 g/mol. The van der Waals surface area contributed by atoms with Gasteiger partial charge in [0.25, 0.3) is 0 Å². The maximum absolute atomic E-state index is 13.1. The molecule has 0 spiro atoms. The van der Waals surface area contributed by atoms with Gasteiger partial charge in [0.15, 0.2) is 0 Å². The minimum absolute atomic E-state index is 0.128. The van der Waals surface area contributed by atoms with Crippen LogP contribution < -0.4 is 0 Å². The molecule has 1 N–H and O–H groups in total. The Morgan fingerprint density at radius 3 is 2.50 bits per heavy atom. The summed E-state index contributed by atoms with van der Waals surface area (Å²) in [5.41, 5.74) is -1.51. The van der Waals surface area contributed by atoms with Crippen LogP contribution in [0.2, 0.25) is 10.0 Å². The Hall–Kier alpha value is -1.79. The number of hydrogen-bond acceptors (Lipinski definition) is 2. The number of carboxylic acid groups (broad SMARTS) is 1. The van der Waals surface area contributed by atoms with Crippen LogP contribution in [0.1, 0.15) is 11.1 Å². The van der Waals surface area contributed by atoms with Crippen molar-refractivity contribution in [3.63, 3.8) is 0 Å². The maximum atomic E-state index is 13.1. The van der Waals surface area contributed by atoms with Gasteiger partial charge in [0.1, 0.15) is 0 Å². The summed E-state index contributed by atoms with van der Waals surface area (Å²) < 4.78 is 39.3. The van der Waals surface area contributed by atoms with Crippen molar-refractivity contribution in [2.45, 2.75) is 12.6 Å².